The Kier molecular flexibility index (Phi) is 7.38. The molecule has 0 saturated heterocycles. The van der Waals surface area contributed by atoms with Crippen LogP contribution < -0.4 is 4.74 Å². The van der Waals surface area contributed by atoms with Gasteiger partial charge in [-0.2, -0.15) is 0 Å². The Morgan fingerprint density at radius 1 is 0.909 bits per heavy atom. The Hall–Kier alpha value is -3.63. The number of aromatic nitrogens is 1. The molecule has 3 aromatic carbocycles. The quantitative estimate of drug-likeness (QED) is 0.295. The zero-order valence-corrected chi connectivity index (χ0v) is 19.2. The van der Waals surface area contributed by atoms with Crippen LogP contribution >= 0.6 is 11.6 Å². The van der Waals surface area contributed by atoms with E-state index in [1.165, 1.54) is 0 Å². The third-order valence-electron chi connectivity index (χ3n) is 5.27. The van der Waals surface area contributed by atoms with Gasteiger partial charge in [-0.25, -0.2) is 0 Å². The van der Waals surface area contributed by atoms with E-state index < -0.39 is 0 Å². The number of halogens is 1. The molecular weight excluding hydrogens is 432 g/mol. The zero-order chi connectivity index (χ0) is 23.0. The number of ether oxygens (including phenoxy) is 1. The largest absolute Gasteiger partial charge is 0.457 e. The number of pyridine rings is 1. The summed E-state index contributed by atoms with van der Waals surface area (Å²) in [7, 11) is 0. The topological polar surface area (TPSA) is 42.4 Å². The highest BCUT2D eigenvalue weighted by Crippen LogP contribution is 2.24. The van der Waals surface area contributed by atoms with Crippen molar-refractivity contribution in [1.82, 2.24) is 9.88 Å². The van der Waals surface area contributed by atoms with E-state index in [2.05, 4.69) is 4.98 Å². The molecule has 4 nitrogen and oxygen atoms in total. The van der Waals surface area contributed by atoms with Gasteiger partial charge in [-0.05, 0) is 73.2 Å². The molecule has 1 amide bonds. The second-order valence-electron chi connectivity index (χ2n) is 7.87. The van der Waals surface area contributed by atoms with Gasteiger partial charge in [0.05, 0.1) is 0 Å². The first-order valence-electron chi connectivity index (χ1n) is 10.8. The molecule has 0 fully saturated rings. The van der Waals surface area contributed by atoms with Gasteiger partial charge in [0, 0.05) is 42.0 Å². The summed E-state index contributed by atoms with van der Waals surface area (Å²) >= 11 is 5.96. The van der Waals surface area contributed by atoms with Crippen molar-refractivity contribution in [1.29, 1.82) is 0 Å². The lowest BCUT2D eigenvalue weighted by molar-refractivity contribution is 0.0744. The van der Waals surface area contributed by atoms with E-state index >= 15 is 0 Å². The smallest absolute Gasteiger partial charge is 0.254 e. The molecule has 4 aromatic rings. The fourth-order valence-corrected chi connectivity index (χ4v) is 3.62. The van der Waals surface area contributed by atoms with E-state index in [1.807, 2.05) is 90.7 Å². The average molecular weight is 457 g/mol. The van der Waals surface area contributed by atoms with Gasteiger partial charge in [-0.15, -0.1) is 0 Å². The summed E-state index contributed by atoms with van der Waals surface area (Å²) in [5.74, 6) is 1.41. The molecule has 33 heavy (non-hydrogen) atoms. The monoisotopic (exact) mass is 456 g/mol. The molecule has 0 bridgehead atoms. The molecule has 1 heterocycles. The predicted molar refractivity (Wildman–Crippen MR) is 132 cm³/mol. The maximum absolute atomic E-state index is 13.4. The lowest BCUT2D eigenvalue weighted by atomic mass is 10.1. The van der Waals surface area contributed by atoms with E-state index in [4.69, 9.17) is 16.3 Å². The minimum absolute atomic E-state index is 0.00467. The summed E-state index contributed by atoms with van der Waals surface area (Å²) in [6, 6.07) is 28.6. The minimum atomic E-state index is -0.00467. The van der Waals surface area contributed by atoms with Crippen LogP contribution in [0.2, 0.25) is 5.02 Å². The Morgan fingerprint density at radius 2 is 1.70 bits per heavy atom. The highest BCUT2D eigenvalue weighted by atomic mass is 35.5. The van der Waals surface area contributed by atoms with Crippen LogP contribution in [0.3, 0.4) is 0 Å². The highest BCUT2D eigenvalue weighted by molar-refractivity contribution is 6.30. The molecule has 0 radical (unpaired) electrons. The van der Waals surface area contributed by atoms with Gasteiger partial charge >= 0.3 is 0 Å². The minimum Gasteiger partial charge on any atom is -0.457 e. The average Bonchev–Trinajstić information content (AvgIpc) is 2.84. The van der Waals surface area contributed by atoms with Crippen LogP contribution in [0.5, 0.6) is 11.5 Å². The fourth-order valence-electron chi connectivity index (χ4n) is 3.49. The number of hydrogen-bond acceptors (Lipinski definition) is 3. The Balaban J connectivity index is 1.52. The summed E-state index contributed by atoms with van der Waals surface area (Å²) < 4.78 is 5.97. The number of carbonyl (C=O) groups is 1. The van der Waals surface area contributed by atoms with Crippen LogP contribution in [0.15, 0.2) is 97.2 Å². The van der Waals surface area contributed by atoms with Crippen LogP contribution in [0.25, 0.3) is 0 Å². The standard InChI is InChI=1S/C28H25ClN2O2/c1-21-8-10-23(11-9-21)28(32)31(18-16-25-6-2-3-17-30-25)20-22-5-4-7-27(19-22)33-26-14-12-24(29)13-15-26/h2-15,17,19H,16,18,20H2,1H3. The Labute approximate surface area is 199 Å². The first-order chi connectivity index (χ1) is 16.1. The van der Waals surface area contributed by atoms with Gasteiger partial charge in [0.1, 0.15) is 11.5 Å². The van der Waals surface area contributed by atoms with Crippen molar-refractivity contribution in [3.8, 4) is 11.5 Å². The molecule has 0 aliphatic heterocycles. The van der Waals surface area contributed by atoms with E-state index in [0.29, 0.717) is 41.6 Å². The maximum Gasteiger partial charge on any atom is 0.254 e. The van der Waals surface area contributed by atoms with Gasteiger partial charge in [-0.1, -0.05) is 47.5 Å². The molecule has 0 aliphatic rings. The molecule has 166 valence electrons. The summed E-state index contributed by atoms with van der Waals surface area (Å²) in [5, 5.41) is 0.661. The van der Waals surface area contributed by atoms with Crippen LogP contribution in [0, 0.1) is 6.92 Å². The molecule has 0 saturated carbocycles. The SMILES string of the molecule is Cc1ccc(C(=O)N(CCc2ccccn2)Cc2cccc(Oc3ccc(Cl)cc3)c2)cc1. The van der Waals surface area contributed by atoms with Crippen molar-refractivity contribution in [2.75, 3.05) is 6.54 Å². The third kappa shape index (κ3) is 6.43. The summed E-state index contributed by atoms with van der Waals surface area (Å²) in [6.07, 6.45) is 2.46. The number of aryl methyl sites for hydroxylation is 1. The van der Waals surface area contributed by atoms with Crippen molar-refractivity contribution in [3.05, 3.63) is 125 Å². The van der Waals surface area contributed by atoms with Crippen molar-refractivity contribution < 1.29 is 9.53 Å². The van der Waals surface area contributed by atoms with E-state index in [0.717, 1.165) is 16.8 Å². The third-order valence-corrected chi connectivity index (χ3v) is 5.52. The Bertz CT molecular complexity index is 1190. The fraction of sp³-hybridized carbons (Fsp3) is 0.143. The molecule has 0 N–H and O–H groups in total. The summed E-state index contributed by atoms with van der Waals surface area (Å²) in [5.41, 5.74) is 3.75. The van der Waals surface area contributed by atoms with Gasteiger partial charge < -0.3 is 9.64 Å². The van der Waals surface area contributed by atoms with Gasteiger partial charge in [0.25, 0.3) is 5.91 Å². The van der Waals surface area contributed by atoms with E-state index in [9.17, 15) is 4.79 Å². The zero-order valence-electron chi connectivity index (χ0n) is 18.4. The number of amides is 1. The second-order valence-corrected chi connectivity index (χ2v) is 8.30. The van der Waals surface area contributed by atoms with Gasteiger partial charge in [0.15, 0.2) is 0 Å². The molecule has 5 heteroatoms. The van der Waals surface area contributed by atoms with E-state index in [1.54, 1.807) is 18.3 Å². The maximum atomic E-state index is 13.4. The lowest BCUT2D eigenvalue weighted by Crippen LogP contribution is -2.32. The van der Waals surface area contributed by atoms with Crippen molar-refractivity contribution in [3.63, 3.8) is 0 Å². The van der Waals surface area contributed by atoms with Crippen molar-refractivity contribution in [2.24, 2.45) is 0 Å². The van der Waals surface area contributed by atoms with Gasteiger partial charge in [-0.3, -0.25) is 9.78 Å². The van der Waals surface area contributed by atoms with Crippen LogP contribution in [0.4, 0.5) is 0 Å². The van der Waals surface area contributed by atoms with Crippen LogP contribution in [0.1, 0.15) is 27.2 Å². The summed E-state index contributed by atoms with van der Waals surface area (Å²) in [4.78, 5) is 19.6. The first-order valence-corrected chi connectivity index (χ1v) is 11.2. The highest BCUT2D eigenvalue weighted by Gasteiger charge is 2.17. The normalized spacial score (nSPS) is 10.6. The number of carbonyl (C=O) groups excluding carboxylic acids is 1. The molecular formula is C28H25ClN2O2. The Morgan fingerprint density at radius 3 is 2.42 bits per heavy atom. The molecule has 0 aliphatic carbocycles. The number of rotatable bonds is 8. The van der Waals surface area contributed by atoms with Crippen LogP contribution in [-0.4, -0.2) is 22.3 Å². The second kappa shape index (κ2) is 10.8. The lowest BCUT2D eigenvalue weighted by Gasteiger charge is -2.23. The van der Waals surface area contributed by atoms with E-state index in [-0.39, 0.29) is 5.91 Å². The van der Waals surface area contributed by atoms with Crippen molar-refractivity contribution in [2.45, 2.75) is 19.9 Å². The molecule has 0 spiro atoms. The summed E-state index contributed by atoms with van der Waals surface area (Å²) in [6.45, 7) is 3.04. The van der Waals surface area contributed by atoms with Crippen molar-refractivity contribution >= 4 is 17.5 Å². The molecule has 1 aromatic heterocycles. The first kappa shape index (κ1) is 22.6. The number of benzene rings is 3. The molecule has 4 rings (SSSR count). The molecule has 0 atom stereocenters. The number of nitrogens with zero attached hydrogens (tertiary/aromatic N) is 2. The molecule has 0 unspecified atom stereocenters. The number of hydrogen-bond donors (Lipinski definition) is 0. The predicted octanol–water partition coefficient (Wildman–Crippen LogP) is 6.72. The van der Waals surface area contributed by atoms with Crippen LogP contribution in [-0.2, 0) is 13.0 Å². The van der Waals surface area contributed by atoms with Gasteiger partial charge in [0.2, 0.25) is 0 Å².